The monoisotopic (exact) mass is 437 g/mol. The van der Waals surface area contributed by atoms with Crippen molar-refractivity contribution in [2.24, 2.45) is 0 Å². The van der Waals surface area contributed by atoms with Crippen molar-refractivity contribution in [3.8, 4) is 0 Å². The molecular weight excluding hydrogens is 410 g/mol. The van der Waals surface area contributed by atoms with E-state index in [0.29, 0.717) is 29.6 Å². The minimum absolute atomic E-state index is 0.0678. The summed E-state index contributed by atoms with van der Waals surface area (Å²) >= 11 is 1.33. The maximum atomic E-state index is 12.5. The summed E-state index contributed by atoms with van der Waals surface area (Å²) in [4.78, 5) is 24.7. The Labute approximate surface area is 186 Å². The second kappa shape index (κ2) is 10.8. The lowest BCUT2D eigenvalue weighted by Crippen LogP contribution is -2.28. The van der Waals surface area contributed by atoms with Crippen LogP contribution in [0.15, 0.2) is 59.8 Å². The predicted octanol–water partition coefficient (Wildman–Crippen LogP) is 3.51. The largest absolute Gasteiger partial charge is 0.351 e. The molecule has 8 heteroatoms. The van der Waals surface area contributed by atoms with Crippen molar-refractivity contribution in [2.75, 3.05) is 5.75 Å². The zero-order valence-electron chi connectivity index (χ0n) is 18.0. The molecule has 0 saturated heterocycles. The van der Waals surface area contributed by atoms with E-state index in [1.165, 1.54) is 11.8 Å². The number of hydrogen-bond acceptors (Lipinski definition) is 5. The zero-order chi connectivity index (χ0) is 22.2. The van der Waals surface area contributed by atoms with Crippen LogP contribution < -0.4 is 10.6 Å². The van der Waals surface area contributed by atoms with Crippen LogP contribution in [-0.2, 0) is 17.9 Å². The number of amides is 2. The maximum absolute atomic E-state index is 12.5. The summed E-state index contributed by atoms with van der Waals surface area (Å²) in [6.45, 7) is 6.98. The lowest BCUT2D eigenvalue weighted by molar-refractivity contribution is -0.118. The van der Waals surface area contributed by atoms with Gasteiger partial charge in [0.15, 0.2) is 11.0 Å². The molecule has 0 saturated carbocycles. The average Bonchev–Trinajstić information content (AvgIpc) is 3.20. The molecule has 162 valence electrons. The molecule has 3 aromatic rings. The molecule has 0 radical (unpaired) electrons. The molecule has 2 aromatic carbocycles. The van der Waals surface area contributed by atoms with Gasteiger partial charge >= 0.3 is 0 Å². The van der Waals surface area contributed by atoms with Gasteiger partial charge in [-0.15, -0.1) is 10.2 Å². The Hall–Kier alpha value is -3.13. The van der Waals surface area contributed by atoms with Crippen LogP contribution in [0.2, 0.25) is 0 Å². The first kappa shape index (κ1) is 22.6. The lowest BCUT2D eigenvalue weighted by Gasteiger charge is -2.15. The highest BCUT2D eigenvalue weighted by Gasteiger charge is 2.20. The Balaban J connectivity index is 1.57. The minimum Gasteiger partial charge on any atom is -0.351 e. The fourth-order valence-electron chi connectivity index (χ4n) is 3.05. The number of aromatic nitrogens is 3. The van der Waals surface area contributed by atoms with Crippen LogP contribution in [0.4, 0.5) is 0 Å². The molecular formula is C23H27N5O2S. The quantitative estimate of drug-likeness (QED) is 0.500. The van der Waals surface area contributed by atoms with Crippen molar-refractivity contribution >= 4 is 23.6 Å². The first-order valence-electron chi connectivity index (χ1n) is 10.2. The molecule has 2 N–H and O–H groups in total. The summed E-state index contributed by atoms with van der Waals surface area (Å²) in [7, 11) is 0. The van der Waals surface area contributed by atoms with E-state index in [1.54, 1.807) is 12.1 Å². The van der Waals surface area contributed by atoms with Gasteiger partial charge in [-0.1, -0.05) is 59.8 Å². The van der Waals surface area contributed by atoms with Crippen LogP contribution in [0.5, 0.6) is 0 Å². The van der Waals surface area contributed by atoms with Crippen LogP contribution in [-0.4, -0.2) is 32.3 Å². The highest BCUT2D eigenvalue weighted by molar-refractivity contribution is 7.99. The molecule has 1 aromatic heterocycles. The van der Waals surface area contributed by atoms with Gasteiger partial charge in [-0.05, 0) is 38.5 Å². The number of rotatable bonds is 9. The Morgan fingerprint density at radius 2 is 1.77 bits per heavy atom. The van der Waals surface area contributed by atoms with Crippen molar-refractivity contribution < 1.29 is 9.59 Å². The molecule has 1 heterocycles. The lowest BCUT2D eigenvalue weighted by atomic mass is 10.1. The first-order valence-corrected chi connectivity index (χ1v) is 11.2. The third kappa shape index (κ3) is 6.18. The van der Waals surface area contributed by atoms with Gasteiger partial charge in [0, 0.05) is 18.7 Å². The smallest absolute Gasteiger partial charge is 0.251 e. The third-order valence-electron chi connectivity index (χ3n) is 4.78. The fourth-order valence-corrected chi connectivity index (χ4v) is 3.89. The SMILES string of the molecule is CCn1c(SCC(=O)NCc2ccccc2)nnc1[C@@H](C)NC(=O)c1ccc(C)cc1. The molecule has 0 aliphatic heterocycles. The molecule has 3 rings (SSSR count). The molecule has 0 fully saturated rings. The van der Waals surface area contributed by atoms with E-state index < -0.39 is 0 Å². The second-order valence-corrected chi connectivity index (χ2v) is 8.14. The number of benzene rings is 2. The summed E-state index contributed by atoms with van der Waals surface area (Å²) < 4.78 is 1.93. The van der Waals surface area contributed by atoms with Gasteiger partial charge in [0.1, 0.15) is 0 Å². The van der Waals surface area contributed by atoms with Gasteiger partial charge in [-0.3, -0.25) is 9.59 Å². The Kier molecular flexibility index (Phi) is 7.83. The summed E-state index contributed by atoms with van der Waals surface area (Å²) in [6, 6.07) is 16.9. The van der Waals surface area contributed by atoms with E-state index in [-0.39, 0.29) is 23.6 Å². The number of nitrogens with zero attached hydrogens (tertiary/aromatic N) is 3. The van der Waals surface area contributed by atoms with Gasteiger partial charge in [-0.25, -0.2) is 0 Å². The van der Waals surface area contributed by atoms with Crippen LogP contribution in [0.25, 0.3) is 0 Å². The highest BCUT2D eigenvalue weighted by atomic mass is 32.2. The molecule has 0 spiro atoms. The summed E-state index contributed by atoms with van der Waals surface area (Å²) in [5.41, 5.74) is 2.76. The Morgan fingerprint density at radius 1 is 1.06 bits per heavy atom. The number of hydrogen-bond donors (Lipinski definition) is 2. The predicted molar refractivity (Wildman–Crippen MR) is 122 cm³/mol. The molecule has 0 bridgehead atoms. The Morgan fingerprint density at radius 3 is 2.45 bits per heavy atom. The van der Waals surface area contributed by atoms with E-state index in [0.717, 1.165) is 11.1 Å². The molecule has 7 nitrogen and oxygen atoms in total. The fraction of sp³-hybridized carbons (Fsp3) is 0.304. The van der Waals surface area contributed by atoms with Crippen molar-refractivity contribution in [2.45, 2.75) is 45.1 Å². The summed E-state index contributed by atoms with van der Waals surface area (Å²) in [5.74, 6) is 0.680. The van der Waals surface area contributed by atoms with Crippen LogP contribution in [0.1, 0.15) is 47.2 Å². The van der Waals surface area contributed by atoms with E-state index in [4.69, 9.17) is 0 Å². The standard InChI is InChI=1S/C23H27N5O2S/c1-4-28-21(17(3)25-22(30)19-12-10-16(2)11-13-19)26-27-23(28)31-15-20(29)24-14-18-8-6-5-7-9-18/h5-13,17H,4,14-15H2,1-3H3,(H,24,29)(H,25,30)/t17-/m1/s1. The number of aryl methyl sites for hydroxylation is 1. The molecule has 0 unspecified atom stereocenters. The van der Waals surface area contributed by atoms with Crippen molar-refractivity contribution in [1.82, 2.24) is 25.4 Å². The average molecular weight is 438 g/mol. The topological polar surface area (TPSA) is 88.9 Å². The van der Waals surface area contributed by atoms with E-state index >= 15 is 0 Å². The van der Waals surface area contributed by atoms with Crippen LogP contribution >= 0.6 is 11.8 Å². The second-order valence-electron chi connectivity index (χ2n) is 7.20. The van der Waals surface area contributed by atoms with E-state index in [1.807, 2.05) is 67.8 Å². The van der Waals surface area contributed by atoms with Crippen molar-refractivity contribution in [1.29, 1.82) is 0 Å². The molecule has 1 atom stereocenters. The summed E-state index contributed by atoms with van der Waals surface area (Å²) in [5, 5.41) is 15.0. The number of nitrogens with one attached hydrogen (secondary N) is 2. The number of carbonyl (C=O) groups is 2. The van der Waals surface area contributed by atoms with Gasteiger partial charge < -0.3 is 15.2 Å². The van der Waals surface area contributed by atoms with Gasteiger partial charge in [0.25, 0.3) is 5.91 Å². The van der Waals surface area contributed by atoms with E-state index in [9.17, 15) is 9.59 Å². The molecule has 0 aliphatic rings. The van der Waals surface area contributed by atoms with Crippen LogP contribution in [0.3, 0.4) is 0 Å². The van der Waals surface area contributed by atoms with Gasteiger partial charge in [0.2, 0.25) is 5.91 Å². The van der Waals surface area contributed by atoms with E-state index in [2.05, 4.69) is 20.8 Å². The third-order valence-corrected chi connectivity index (χ3v) is 5.74. The Bertz CT molecular complexity index is 1020. The zero-order valence-corrected chi connectivity index (χ0v) is 18.8. The molecule has 31 heavy (non-hydrogen) atoms. The van der Waals surface area contributed by atoms with Gasteiger partial charge in [-0.2, -0.15) is 0 Å². The first-order chi connectivity index (χ1) is 15.0. The van der Waals surface area contributed by atoms with Crippen molar-refractivity contribution in [3.05, 3.63) is 77.1 Å². The molecule has 0 aliphatic carbocycles. The maximum Gasteiger partial charge on any atom is 0.251 e. The molecule has 2 amide bonds. The number of carbonyl (C=O) groups excluding carboxylic acids is 2. The number of thioether (sulfide) groups is 1. The van der Waals surface area contributed by atoms with Crippen molar-refractivity contribution in [3.63, 3.8) is 0 Å². The normalized spacial score (nSPS) is 11.7. The minimum atomic E-state index is -0.317. The van der Waals surface area contributed by atoms with Crippen LogP contribution in [0, 0.1) is 6.92 Å². The summed E-state index contributed by atoms with van der Waals surface area (Å²) in [6.07, 6.45) is 0. The van der Waals surface area contributed by atoms with Gasteiger partial charge in [0.05, 0.1) is 11.8 Å². The highest BCUT2D eigenvalue weighted by Crippen LogP contribution is 2.21.